The van der Waals surface area contributed by atoms with Crippen molar-refractivity contribution in [3.05, 3.63) is 46.8 Å². The van der Waals surface area contributed by atoms with Gasteiger partial charge >= 0.3 is 0 Å². The second-order valence-corrected chi connectivity index (χ2v) is 10.5. The minimum absolute atomic E-state index is 0.0927. The zero-order chi connectivity index (χ0) is 20.9. The molecule has 1 saturated heterocycles. The molecule has 29 heavy (non-hydrogen) atoms. The summed E-state index contributed by atoms with van der Waals surface area (Å²) in [5.41, 5.74) is 1.01. The van der Waals surface area contributed by atoms with E-state index in [4.69, 9.17) is 4.74 Å². The van der Waals surface area contributed by atoms with Gasteiger partial charge in [-0.25, -0.2) is 8.42 Å². The third kappa shape index (κ3) is 5.38. The molecule has 1 aromatic heterocycles. The van der Waals surface area contributed by atoms with Gasteiger partial charge in [0, 0.05) is 18.0 Å². The van der Waals surface area contributed by atoms with Gasteiger partial charge in [-0.15, -0.1) is 11.3 Å². The number of carbonyl (C=O) groups excluding carboxylic acids is 1. The Morgan fingerprint density at radius 1 is 1.14 bits per heavy atom. The maximum atomic E-state index is 12.8. The number of nitrogens with one attached hydrogen (secondary N) is 1. The summed E-state index contributed by atoms with van der Waals surface area (Å²) < 4.78 is 32.6. The van der Waals surface area contributed by atoms with Gasteiger partial charge in [0.15, 0.2) is 0 Å². The molecule has 0 aliphatic carbocycles. The fourth-order valence-corrected chi connectivity index (χ4v) is 6.51. The van der Waals surface area contributed by atoms with Gasteiger partial charge in [-0.1, -0.05) is 25.5 Å². The van der Waals surface area contributed by atoms with E-state index in [0.717, 1.165) is 41.9 Å². The molecule has 1 aromatic carbocycles. The molecule has 6 nitrogen and oxygen atoms in total. The fourth-order valence-electron chi connectivity index (χ4n) is 3.49. The van der Waals surface area contributed by atoms with Crippen LogP contribution in [0.2, 0.25) is 0 Å². The van der Waals surface area contributed by atoms with Crippen LogP contribution in [0.5, 0.6) is 5.75 Å². The molecule has 1 unspecified atom stereocenters. The molecule has 1 amide bonds. The van der Waals surface area contributed by atoms with Gasteiger partial charge in [-0.2, -0.15) is 4.31 Å². The topological polar surface area (TPSA) is 75.7 Å². The zero-order valence-corrected chi connectivity index (χ0v) is 18.5. The number of amides is 1. The minimum atomic E-state index is -3.45. The van der Waals surface area contributed by atoms with Crippen LogP contribution in [-0.4, -0.2) is 38.8 Å². The Morgan fingerprint density at radius 3 is 2.45 bits per heavy atom. The standard InChI is InChI=1S/C21H28N2O4S2/c1-3-19(16-7-9-17(27-2)10-8-16)22-20(24)15-18-11-12-21(28-18)29(25,26)23-13-5-4-6-14-23/h7-12,19H,3-6,13-15H2,1-2H3,(H,22,24). The number of piperidine rings is 1. The van der Waals surface area contributed by atoms with Crippen LogP contribution in [0.3, 0.4) is 0 Å². The molecule has 2 heterocycles. The van der Waals surface area contributed by atoms with E-state index in [-0.39, 0.29) is 18.4 Å². The van der Waals surface area contributed by atoms with Gasteiger partial charge in [0.05, 0.1) is 19.6 Å². The summed E-state index contributed by atoms with van der Waals surface area (Å²) in [4.78, 5) is 13.3. The summed E-state index contributed by atoms with van der Waals surface area (Å²) in [5, 5.41) is 3.05. The monoisotopic (exact) mass is 436 g/mol. The molecule has 0 spiro atoms. The van der Waals surface area contributed by atoms with Crippen molar-refractivity contribution in [2.45, 2.75) is 49.3 Å². The van der Waals surface area contributed by atoms with Crippen molar-refractivity contribution in [1.82, 2.24) is 9.62 Å². The summed E-state index contributed by atoms with van der Waals surface area (Å²) >= 11 is 1.19. The van der Waals surface area contributed by atoms with E-state index in [0.29, 0.717) is 17.3 Å². The lowest BCUT2D eigenvalue weighted by Gasteiger charge is -2.25. The van der Waals surface area contributed by atoms with Crippen LogP contribution in [0.15, 0.2) is 40.6 Å². The Labute approximate surface area is 176 Å². The van der Waals surface area contributed by atoms with Crippen LogP contribution < -0.4 is 10.1 Å². The maximum Gasteiger partial charge on any atom is 0.252 e. The van der Waals surface area contributed by atoms with E-state index >= 15 is 0 Å². The van der Waals surface area contributed by atoms with Crippen LogP contribution in [-0.2, 0) is 21.2 Å². The Morgan fingerprint density at radius 2 is 1.83 bits per heavy atom. The minimum Gasteiger partial charge on any atom is -0.497 e. The lowest BCUT2D eigenvalue weighted by atomic mass is 10.0. The average molecular weight is 437 g/mol. The number of sulfonamides is 1. The van der Waals surface area contributed by atoms with E-state index in [2.05, 4.69) is 5.32 Å². The van der Waals surface area contributed by atoms with Crippen LogP contribution in [0.4, 0.5) is 0 Å². The van der Waals surface area contributed by atoms with E-state index < -0.39 is 10.0 Å². The third-order valence-corrected chi connectivity index (χ3v) is 8.59. The molecule has 1 atom stereocenters. The highest BCUT2D eigenvalue weighted by molar-refractivity contribution is 7.91. The Hall–Kier alpha value is -1.90. The molecule has 3 rings (SSSR count). The van der Waals surface area contributed by atoms with Gasteiger partial charge in [0.1, 0.15) is 9.96 Å². The average Bonchev–Trinajstić information content (AvgIpc) is 3.22. The molecule has 2 aromatic rings. The number of methoxy groups -OCH3 is 1. The summed E-state index contributed by atoms with van der Waals surface area (Å²) in [6.07, 6.45) is 3.83. The van der Waals surface area contributed by atoms with Crippen molar-refractivity contribution in [2.24, 2.45) is 0 Å². The molecule has 0 saturated carbocycles. The van der Waals surface area contributed by atoms with Crippen molar-refractivity contribution in [1.29, 1.82) is 0 Å². The van der Waals surface area contributed by atoms with Crippen LogP contribution >= 0.6 is 11.3 Å². The highest BCUT2D eigenvalue weighted by atomic mass is 32.2. The van der Waals surface area contributed by atoms with E-state index in [1.165, 1.54) is 11.3 Å². The van der Waals surface area contributed by atoms with Gasteiger partial charge < -0.3 is 10.1 Å². The first-order valence-corrected chi connectivity index (χ1v) is 12.2. The first-order chi connectivity index (χ1) is 13.9. The number of benzene rings is 1. The van der Waals surface area contributed by atoms with Crippen LogP contribution in [0, 0.1) is 0 Å². The van der Waals surface area contributed by atoms with Gasteiger partial charge in [-0.05, 0) is 49.1 Å². The fraction of sp³-hybridized carbons (Fsp3) is 0.476. The number of carbonyl (C=O) groups is 1. The number of hydrogen-bond acceptors (Lipinski definition) is 5. The number of nitrogens with zero attached hydrogens (tertiary/aromatic N) is 1. The van der Waals surface area contributed by atoms with E-state index in [9.17, 15) is 13.2 Å². The number of ether oxygens (including phenoxy) is 1. The van der Waals surface area contributed by atoms with Gasteiger partial charge in [0.2, 0.25) is 5.91 Å². The number of rotatable bonds is 8. The van der Waals surface area contributed by atoms with E-state index in [1.807, 2.05) is 31.2 Å². The van der Waals surface area contributed by atoms with Gasteiger partial charge in [-0.3, -0.25) is 4.79 Å². The second kappa shape index (κ2) is 9.73. The van der Waals surface area contributed by atoms with Crippen LogP contribution in [0.25, 0.3) is 0 Å². The van der Waals surface area contributed by atoms with Crippen molar-refractivity contribution in [3.8, 4) is 5.75 Å². The molecular weight excluding hydrogens is 408 g/mol. The Kier molecular flexibility index (Phi) is 7.32. The zero-order valence-electron chi connectivity index (χ0n) is 16.9. The Balaban J connectivity index is 1.63. The largest absolute Gasteiger partial charge is 0.497 e. The van der Waals surface area contributed by atoms with Crippen molar-refractivity contribution in [2.75, 3.05) is 20.2 Å². The molecule has 1 aliphatic heterocycles. The lowest BCUT2D eigenvalue weighted by Crippen LogP contribution is -2.35. The van der Waals surface area contributed by atoms with Crippen molar-refractivity contribution >= 4 is 27.3 Å². The quantitative estimate of drug-likeness (QED) is 0.684. The predicted octanol–water partition coefficient (Wildman–Crippen LogP) is 3.74. The maximum absolute atomic E-state index is 12.8. The first-order valence-electron chi connectivity index (χ1n) is 9.96. The number of hydrogen-bond donors (Lipinski definition) is 1. The molecule has 1 fully saturated rings. The molecule has 0 bridgehead atoms. The smallest absolute Gasteiger partial charge is 0.252 e. The molecule has 1 N–H and O–H groups in total. The van der Waals surface area contributed by atoms with Crippen molar-refractivity contribution in [3.63, 3.8) is 0 Å². The van der Waals surface area contributed by atoms with E-state index in [1.54, 1.807) is 23.5 Å². The molecule has 1 aliphatic rings. The highest BCUT2D eigenvalue weighted by Gasteiger charge is 2.27. The molecule has 0 radical (unpaired) electrons. The van der Waals surface area contributed by atoms with Crippen LogP contribution in [0.1, 0.15) is 49.1 Å². The summed E-state index contributed by atoms with van der Waals surface area (Å²) in [6, 6.07) is 10.9. The van der Waals surface area contributed by atoms with Gasteiger partial charge in [0.25, 0.3) is 10.0 Å². The lowest BCUT2D eigenvalue weighted by molar-refractivity contribution is -0.121. The summed E-state index contributed by atoms with van der Waals surface area (Å²) in [7, 11) is -1.83. The SMILES string of the molecule is CCC(NC(=O)Cc1ccc(S(=O)(=O)N2CCCCC2)s1)c1ccc(OC)cc1. The molecule has 158 valence electrons. The molecule has 8 heteroatoms. The predicted molar refractivity (Wildman–Crippen MR) is 115 cm³/mol. The second-order valence-electron chi connectivity index (χ2n) is 7.16. The Bertz CT molecular complexity index is 916. The highest BCUT2D eigenvalue weighted by Crippen LogP contribution is 2.27. The normalized spacial score (nSPS) is 16.3. The third-order valence-electron chi connectivity index (χ3n) is 5.14. The summed E-state index contributed by atoms with van der Waals surface area (Å²) in [6.45, 7) is 3.18. The summed E-state index contributed by atoms with van der Waals surface area (Å²) in [5.74, 6) is 0.660. The molecular formula is C21H28N2O4S2. The van der Waals surface area contributed by atoms with Crippen molar-refractivity contribution < 1.29 is 17.9 Å². The first kappa shape index (κ1) is 21.8. The number of thiophene rings is 1.